The summed E-state index contributed by atoms with van der Waals surface area (Å²) >= 11 is 6.07. The standard InChI is InChI=1S/C19H25ClN2O2/c20-15-6-1-3-13(9-15)11-22-12-18-17(22)8-7-16(24-18)10-21-19(23)14-4-2-5-14/h1,3,6,9,14,16-18H,2,4-5,7-8,10-12H2,(H,21,23)/t16-,17-,18-/m0/s1. The maximum Gasteiger partial charge on any atom is 0.223 e. The van der Waals surface area contributed by atoms with Crippen molar-refractivity contribution in [2.24, 2.45) is 5.92 Å². The van der Waals surface area contributed by atoms with Crippen LogP contribution in [-0.4, -0.2) is 42.1 Å². The van der Waals surface area contributed by atoms with E-state index in [1.54, 1.807) is 0 Å². The van der Waals surface area contributed by atoms with Crippen molar-refractivity contribution < 1.29 is 9.53 Å². The van der Waals surface area contributed by atoms with Crippen molar-refractivity contribution in [3.05, 3.63) is 34.9 Å². The van der Waals surface area contributed by atoms with Gasteiger partial charge in [0, 0.05) is 36.6 Å². The Morgan fingerprint density at radius 2 is 2.17 bits per heavy atom. The van der Waals surface area contributed by atoms with E-state index in [0.29, 0.717) is 18.7 Å². The van der Waals surface area contributed by atoms with Crippen LogP contribution in [0.5, 0.6) is 0 Å². The molecule has 1 aliphatic carbocycles. The zero-order valence-corrected chi connectivity index (χ0v) is 14.7. The number of nitrogens with zero attached hydrogens (tertiary/aromatic N) is 1. The second-order valence-corrected chi connectivity index (χ2v) is 7.81. The van der Waals surface area contributed by atoms with E-state index < -0.39 is 0 Å². The number of ether oxygens (including phenoxy) is 1. The molecule has 2 saturated heterocycles. The summed E-state index contributed by atoms with van der Waals surface area (Å²) in [6, 6.07) is 8.60. The van der Waals surface area contributed by atoms with Crippen molar-refractivity contribution in [3.8, 4) is 0 Å². The van der Waals surface area contributed by atoms with Crippen molar-refractivity contribution in [1.82, 2.24) is 10.2 Å². The Bertz CT molecular complexity index is 605. The third-order valence-corrected chi connectivity index (χ3v) is 5.95. The SMILES string of the molecule is O=C(NC[C@@H]1CC[C@H]2[C@H](CN2Cc2cccc(Cl)c2)O1)C1CCC1. The Morgan fingerprint density at radius 3 is 2.88 bits per heavy atom. The molecule has 2 aliphatic heterocycles. The molecule has 2 heterocycles. The van der Waals surface area contributed by atoms with E-state index in [0.717, 1.165) is 43.8 Å². The summed E-state index contributed by atoms with van der Waals surface area (Å²) in [6.45, 7) is 2.59. The molecule has 1 aromatic rings. The molecule has 4 rings (SSSR count). The average molecular weight is 349 g/mol. The number of carbonyl (C=O) groups excluding carboxylic acids is 1. The summed E-state index contributed by atoms with van der Waals surface area (Å²) in [6.07, 6.45) is 5.99. The number of benzene rings is 1. The van der Waals surface area contributed by atoms with Crippen molar-refractivity contribution in [2.75, 3.05) is 13.1 Å². The summed E-state index contributed by atoms with van der Waals surface area (Å²) in [5.41, 5.74) is 1.26. The fraction of sp³-hybridized carbons (Fsp3) is 0.632. The second-order valence-electron chi connectivity index (χ2n) is 7.37. The molecular formula is C19H25ClN2O2. The van der Waals surface area contributed by atoms with Gasteiger partial charge in [0.05, 0.1) is 12.2 Å². The molecule has 130 valence electrons. The Kier molecular flexibility index (Phi) is 4.79. The molecule has 1 N–H and O–H groups in total. The molecule has 1 amide bonds. The zero-order valence-electron chi connectivity index (χ0n) is 13.9. The fourth-order valence-electron chi connectivity index (χ4n) is 3.99. The first-order valence-electron chi connectivity index (χ1n) is 9.11. The highest BCUT2D eigenvalue weighted by Crippen LogP contribution is 2.33. The molecule has 3 fully saturated rings. The van der Waals surface area contributed by atoms with Gasteiger partial charge in [0.15, 0.2) is 0 Å². The summed E-state index contributed by atoms with van der Waals surface area (Å²) in [5, 5.41) is 3.88. The van der Waals surface area contributed by atoms with Gasteiger partial charge in [0.2, 0.25) is 5.91 Å². The first-order chi connectivity index (χ1) is 11.7. The van der Waals surface area contributed by atoms with Crippen LogP contribution in [0.15, 0.2) is 24.3 Å². The highest BCUT2D eigenvalue weighted by Gasteiger charge is 2.43. The van der Waals surface area contributed by atoms with Gasteiger partial charge in [-0.25, -0.2) is 0 Å². The van der Waals surface area contributed by atoms with Crippen LogP contribution in [-0.2, 0) is 16.1 Å². The highest BCUT2D eigenvalue weighted by atomic mass is 35.5. The third kappa shape index (κ3) is 3.46. The minimum Gasteiger partial charge on any atom is -0.370 e. The van der Waals surface area contributed by atoms with Gasteiger partial charge in [-0.15, -0.1) is 0 Å². The number of hydrogen-bond acceptors (Lipinski definition) is 3. The number of carbonyl (C=O) groups is 1. The van der Waals surface area contributed by atoms with Gasteiger partial charge in [0.1, 0.15) is 0 Å². The number of halogens is 1. The van der Waals surface area contributed by atoms with Crippen molar-refractivity contribution >= 4 is 17.5 Å². The number of amides is 1. The van der Waals surface area contributed by atoms with Gasteiger partial charge in [-0.1, -0.05) is 30.2 Å². The predicted octanol–water partition coefficient (Wildman–Crippen LogP) is 2.99. The Morgan fingerprint density at radius 1 is 1.29 bits per heavy atom. The van der Waals surface area contributed by atoms with Gasteiger partial charge in [-0.3, -0.25) is 9.69 Å². The Balaban J connectivity index is 1.22. The maximum atomic E-state index is 11.9. The second kappa shape index (κ2) is 7.03. The number of hydrogen-bond donors (Lipinski definition) is 1. The molecule has 3 atom stereocenters. The summed E-state index contributed by atoms with van der Waals surface area (Å²) in [5.74, 6) is 0.487. The van der Waals surface area contributed by atoms with Crippen LogP contribution in [0.3, 0.4) is 0 Å². The Hall–Kier alpha value is -1.10. The number of likely N-dealkylation sites (tertiary alicyclic amines) is 1. The lowest BCUT2D eigenvalue weighted by Crippen LogP contribution is -2.64. The molecule has 0 radical (unpaired) electrons. The van der Waals surface area contributed by atoms with Crippen molar-refractivity contribution in [2.45, 2.75) is 56.9 Å². The number of rotatable bonds is 5. The molecule has 1 aromatic carbocycles. The Labute approximate surface area is 148 Å². The van der Waals surface area contributed by atoms with Crippen LogP contribution in [0.4, 0.5) is 0 Å². The molecule has 4 nitrogen and oxygen atoms in total. The van der Waals surface area contributed by atoms with E-state index in [1.165, 1.54) is 12.0 Å². The zero-order chi connectivity index (χ0) is 16.5. The lowest BCUT2D eigenvalue weighted by Gasteiger charge is -2.52. The van der Waals surface area contributed by atoms with Crippen LogP contribution in [0, 0.1) is 5.92 Å². The fourth-order valence-corrected chi connectivity index (χ4v) is 4.20. The molecule has 0 unspecified atom stereocenters. The van der Waals surface area contributed by atoms with Crippen molar-refractivity contribution in [3.63, 3.8) is 0 Å². The van der Waals surface area contributed by atoms with Crippen LogP contribution in [0.25, 0.3) is 0 Å². The summed E-state index contributed by atoms with van der Waals surface area (Å²) in [4.78, 5) is 14.4. The maximum absolute atomic E-state index is 11.9. The molecular weight excluding hydrogens is 324 g/mol. The topological polar surface area (TPSA) is 41.6 Å². The molecule has 5 heteroatoms. The van der Waals surface area contributed by atoms with Crippen LogP contribution in [0.2, 0.25) is 5.02 Å². The quantitative estimate of drug-likeness (QED) is 0.889. The average Bonchev–Trinajstić information content (AvgIpc) is 2.49. The van der Waals surface area contributed by atoms with Gasteiger partial charge >= 0.3 is 0 Å². The normalized spacial score (nSPS) is 30.1. The first-order valence-corrected chi connectivity index (χ1v) is 9.48. The van der Waals surface area contributed by atoms with E-state index in [4.69, 9.17) is 16.3 Å². The number of fused-ring (bicyclic) bond motifs is 1. The van der Waals surface area contributed by atoms with Crippen LogP contribution >= 0.6 is 11.6 Å². The molecule has 3 aliphatic rings. The van der Waals surface area contributed by atoms with Gasteiger partial charge < -0.3 is 10.1 Å². The molecule has 0 spiro atoms. The lowest BCUT2D eigenvalue weighted by atomic mass is 9.84. The highest BCUT2D eigenvalue weighted by molar-refractivity contribution is 6.30. The molecule has 0 bridgehead atoms. The van der Waals surface area contributed by atoms with E-state index in [-0.39, 0.29) is 17.9 Å². The monoisotopic (exact) mass is 348 g/mol. The summed E-state index contributed by atoms with van der Waals surface area (Å²) in [7, 11) is 0. The third-order valence-electron chi connectivity index (χ3n) is 5.72. The summed E-state index contributed by atoms with van der Waals surface area (Å²) < 4.78 is 6.18. The van der Waals surface area contributed by atoms with Crippen LogP contribution in [0.1, 0.15) is 37.7 Å². The largest absolute Gasteiger partial charge is 0.370 e. The van der Waals surface area contributed by atoms with E-state index >= 15 is 0 Å². The minimum absolute atomic E-state index is 0.184. The van der Waals surface area contributed by atoms with Gasteiger partial charge in [-0.2, -0.15) is 0 Å². The van der Waals surface area contributed by atoms with Gasteiger partial charge in [0.25, 0.3) is 0 Å². The van der Waals surface area contributed by atoms with Gasteiger partial charge in [-0.05, 0) is 43.4 Å². The van der Waals surface area contributed by atoms with E-state index in [2.05, 4.69) is 16.3 Å². The predicted molar refractivity (Wildman–Crippen MR) is 93.9 cm³/mol. The van der Waals surface area contributed by atoms with Crippen LogP contribution < -0.4 is 5.32 Å². The minimum atomic E-state index is 0.184. The lowest BCUT2D eigenvalue weighted by molar-refractivity contribution is -0.170. The van der Waals surface area contributed by atoms with Crippen molar-refractivity contribution in [1.29, 1.82) is 0 Å². The molecule has 1 saturated carbocycles. The molecule has 24 heavy (non-hydrogen) atoms. The smallest absolute Gasteiger partial charge is 0.223 e. The first kappa shape index (κ1) is 16.4. The van der Waals surface area contributed by atoms with E-state index in [9.17, 15) is 4.79 Å². The number of nitrogens with one attached hydrogen (secondary N) is 1. The molecule has 0 aromatic heterocycles. The van der Waals surface area contributed by atoms with E-state index in [1.807, 2.05) is 18.2 Å².